The molecule has 3 nitrogen and oxygen atoms in total. The second-order valence-electron chi connectivity index (χ2n) is 5.65. The van der Waals surface area contributed by atoms with Crippen molar-refractivity contribution < 1.29 is 4.74 Å². The molecule has 0 unspecified atom stereocenters. The highest BCUT2D eigenvalue weighted by molar-refractivity contribution is 5.85. The number of nitrogens with zero attached hydrogens (tertiary/aromatic N) is 1. The van der Waals surface area contributed by atoms with Crippen LogP contribution in [0.5, 0.6) is 5.75 Å². The summed E-state index contributed by atoms with van der Waals surface area (Å²) in [6.07, 6.45) is 0. The minimum atomic E-state index is 0. The number of hydrogen-bond acceptors (Lipinski definition) is 3. The van der Waals surface area contributed by atoms with Crippen molar-refractivity contribution in [2.75, 3.05) is 20.1 Å². The van der Waals surface area contributed by atoms with E-state index in [0.717, 1.165) is 25.4 Å². The molecule has 1 aliphatic rings. The molecule has 0 radical (unpaired) electrons. The van der Waals surface area contributed by atoms with Gasteiger partial charge < -0.3 is 10.1 Å². The van der Waals surface area contributed by atoms with Gasteiger partial charge >= 0.3 is 0 Å². The Morgan fingerprint density at radius 3 is 2.27 bits per heavy atom. The van der Waals surface area contributed by atoms with Crippen molar-refractivity contribution in [1.29, 1.82) is 0 Å². The Bertz CT molecular complexity index is 555. The fraction of sp³-hybridized carbons (Fsp3) is 0.333. The van der Waals surface area contributed by atoms with Crippen LogP contribution in [-0.2, 0) is 13.2 Å². The van der Waals surface area contributed by atoms with E-state index in [1.165, 1.54) is 11.1 Å². The van der Waals surface area contributed by atoms with Crippen LogP contribution >= 0.6 is 12.4 Å². The molecule has 0 saturated carbocycles. The third kappa shape index (κ3) is 4.47. The maximum atomic E-state index is 5.81. The monoisotopic (exact) mass is 318 g/mol. The maximum absolute atomic E-state index is 5.81. The van der Waals surface area contributed by atoms with Gasteiger partial charge in [0.25, 0.3) is 0 Å². The molecular formula is C18H23ClN2O. The van der Waals surface area contributed by atoms with Crippen molar-refractivity contribution in [3.05, 3.63) is 65.7 Å². The highest BCUT2D eigenvalue weighted by Crippen LogP contribution is 2.16. The molecule has 0 amide bonds. The molecule has 0 aromatic heterocycles. The van der Waals surface area contributed by atoms with Gasteiger partial charge in [0.1, 0.15) is 12.4 Å². The maximum Gasteiger partial charge on any atom is 0.119 e. The van der Waals surface area contributed by atoms with Crippen molar-refractivity contribution in [2.45, 2.75) is 19.2 Å². The van der Waals surface area contributed by atoms with Crippen molar-refractivity contribution in [1.82, 2.24) is 10.2 Å². The zero-order valence-electron chi connectivity index (χ0n) is 12.9. The van der Waals surface area contributed by atoms with Crippen LogP contribution in [0, 0.1) is 0 Å². The number of nitrogens with one attached hydrogen (secondary N) is 1. The lowest BCUT2D eigenvalue weighted by molar-refractivity contribution is 0.173. The van der Waals surface area contributed by atoms with Crippen LogP contribution < -0.4 is 10.1 Å². The average molecular weight is 319 g/mol. The van der Waals surface area contributed by atoms with E-state index in [-0.39, 0.29) is 12.4 Å². The van der Waals surface area contributed by atoms with Crippen molar-refractivity contribution in [2.24, 2.45) is 0 Å². The molecule has 4 heteroatoms. The number of halogens is 1. The summed E-state index contributed by atoms with van der Waals surface area (Å²) in [7, 11) is 2.19. The summed E-state index contributed by atoms with van der Waals surface area (Å²) < 4.78 is 5.81. The molecule has 1 fully saturated rings. The lowest BCUT2D eigenvalue weighted by Gasteiger charge is -2.35. The van der Waals surface area contributed by atoms with E-state index >= 15 is 0 Å². The van der Waals surface area contributed by atoms with Gasteiger partial charge in [-0.1, -0.05) is 42.5 Å². The van der Waals surface area contributed by atoms with Crippen LogP contribution in [-0.4, -0.2) is 31.1 Å². The Morgan fingerprint density at radius 2 is 1.68 bits per heavy atom. The van der Waals surface area contributed by atoms with Gasteiger partial charge in [0.2, 0.25) is 0 Å². The molecule has 1 aliphatic heterocycles. The van der Waals surface area contributed by atoms with Crippen LogP contribution in [0.25, 0.3) is 0 Å². The molecule has 0 bridgehead atoms. The van der Waals surface area contributed by atoms with Crippen molar-refractivity contribution in [3.8, 4) is 5.75 Å². The largest absolute Gasteiger partial charge is 0.489 e. The quantitative estimate of drug-likeness (QED) is 0.886. The highest BCUT2D eigenvalue weighted by Gasteiger charge is 2.21. The molecule has 118 valence electrons. The second kappa shape index (κ2) is 8.18. The molecule has 1 N–H and O–H groups in total. The fourth-order valence-corrected chi connectivity index (χ4v) is 2.43. The van der Waals surface area contributed by atoms with Gasteiger partial charge in [0, 0.05) is 25.7 Å². The van der Waals surface area contributed by atoms with Crippen LogP contribution in [0.2, 0.25) is 0 Å². The Labute approximate surface area is 138 Å². The summed E-state index contributed by atoms with van der Waals surface area (Å²) in [4.78, 5) is 2.40. The number of hydrogen-bond donors (Lipinski definition) is 1. The summed E-state index contributed by atoms with van der Waals surface area (Å²) in [5.74, 6) is 0.926. The summed E-state index contributed by atoms with van der Waals surface area (Å²) in [5, 5.41) is 3.31. The zero-order valence-corrected chi connectivity index (χ0v) is 13.7. The number of ether oxygens (including phenoxy) is 1. The molecule has 3 rings (SSSR count). The normalized spacial score (nSPS) is 14.3. The number of benzene rings is 2. The predicted octanol–water partition coefficient (Wildman–Crippen LogP) is 3.09. The molecule has 0 spiro atoms. The van der Waals surface area contributed by atoms with E-state index in [1.54, 1.807) is 0 Å². The topological polar surface area (TPSA) is 24.5 Å². The third-order valence-electron chi connectivity index (χ3n) is 3.99. The zero-order chi connectivity index (χ0) is 14.5. The van der Waals surface area contributed by atoms with Crippen molar-refractivity contribution >= 4 is 12.4 Å². The van der Waals surface area contributed by atoms with Gasteiger partial charge in [-0.2, -0.15) is 0 Å². The summed E-state index contributed by atoms with van der Waals surface area (Å²) in [6.45, 7) is 3.82. The van der Waals surface area contributed by atoms with Crippen LogP contribution in [0.4, 0.5) is 0 Å². The van der Waals surface area contributed by atoms with Crippen LogP contribution in [0.1, 0.15) is 11.1 Å². The standard InChI is InChI=1S/C18H22N2O.ClH/c1-20(17-11-19-12-17)13-15-7-9-18(10-8-15)21-14-16-5-3-2-4-6-16;/h2-10,17,19H,11-14H2,1H3;1H. The summed E-state index contributed by atoms with van der Waals surface area (Å²) >= 11 is 0. The lowest BCUT2D eigenvalue weighted by Crippen LogP contribution is -2.55. The molecule has 2 aromatic carbocycles. The van der Waals surface area contributed by atoms with E-state index in [0.29, 0.717) is 12.6 Å². The second-order valence-corrected chi connectivity index (χ2v) is 5.65. The van der Waals surface area contributed by atoms with Crippen molar-refractivity contribution in [3.63, 3.8) is 0 Å². The highest BCUT2D eigenvalue weighted by atomic mass is 35.5. The smallest absolute Gasteiger partial charge is 0.119 e. The van der Waals surface area contributed by atoms with Gasteiger partial charge in [-0.05, 0) is 30.3 Å². The minimum Gasteiger partial charge on any atom is -0.489 e. The molecule has 0 aliphatic carbocycles. The van der Waals surface area contributed by atoms with E-state index in [1.807, 2.05) is 18.2 Å². The Hall–Kier alpha value is -1.55. The van der Waals surface area contributed by atoms with Crippen LogP contribution in [0.3, 0.4) is 0 Å². The average Bonchev–Trinajstić information content (AvgIpc) is 2.46. The molecule has 1 heterocycles. The van der Waals surface area contributed by atoms with E-state index in [9.17, 15) is 0 Å². The minimum absolute atomic E-state index is 0. The first-order valence-corrected chi connectivity index (χ1v) is 7.48. The summed E-state index contributed by atoms with van der Waals surface area (Å²) in [5.41, 5.74) is 2.52. The predicted molar refractivity (Wildman–Crippen MR) is 92.6 cm³/mol. The first kappa shape index (κ1) is 16.8. The fourth-order valence-electron chi connectivity index (χ4n) is 2.43. The first-order chi connectivity index (χ1) is 10.3. The lowest BCUT2D eigenvalue weighted by atomic mass is 10.1. The third-order valence-corrected chi connectivity index (χ3v) is 3.99. The molecule has 22 heavy (non-hydrogen) atoms. The Balaban J connectivity index is 0.00000176. The Morgan fingerprint density at radius 1 is 1.00 bits per heavy atom. The number of likely N-dealkylation sites (N-methyl/N-ethyl adjacent to an activating group) is 1. The van der Waals surface area contributed by atoms with Gasteiger partial charge in [0.05, 0.1) is 0 Å². The van der Waals surface area contributed by atoms with Gasteiger partial charge in [-0.15, -0.1) is 12.4 Å². The molecule has 1 saturated heterocycles. The SMILES string of the molecule is CN(Cc1ccc(OCc2ccccc2)cc1)C1CNC1.Cl. The molecular weight excluding hydrogens is 296 g/mol. The van der Waals surface area contributed by atoms with E-state index < -0.39 is 0 Å². The molecule has 2 aromatic rings. The van der Waals surface area contributed by atoms with E-state index in [2.05, 4.69) is 53.7 Å². The van der Waals surface area contributed by atoms with Gasteiger partial charge in [-0.3, -0.25) is 4.90 Å². The van der Waals surface area contributed by atoms with Gasteiger partial charge in [-0.25, -0.2) is 0 Å². The number of rotatable bonds is 6. The summed E-state index contributed by atoms with van der Waals surface area (Å²) in [6, 6.07) is 19.4. The van der Waals surface area contributed by atoms with Gasteiger partial charge in [0.15, 0.2) is 0 Å². The first-order valence-electron chi connectivity index (χ1n) is 7.48. The molecule has 0 atom stereocenters. The Kier molecular flexibility index (Phi) is 6.25. The van der Waals surface area contributed by atoms with E-state index in [4.69, 9.17) is 4.74 Å². The van der Waals surface area contributed by atoms with Crippen LogP contribution in [0.15, 0.2) is 54.6 Å².